The van der Waals surface area contributed by atoms with Crippen molar-refractivity contribution >= 4 is 18.1 Å². The van der Waals surface area contributed by atoms with Crippen LogP contribution in [0.1, 0.15) is 29.8 Å². The maximum atomic E-state index is 12.7. The molecule has 1 aromatic rings. The smallest absolute Gasteiger partial charge is 0.421 e. The lowest BCUT2D eigenvalue weighted by atomic mass is 9.99. The van der Waals surface area contributed by atoms with Crippen molar-refractivity contribution in [2.45, 2.75) is 26.7 Å². The predicted octanol–water partition coefficient (Wildman–Crippen LogP) is 3.23. The van der Waals surface area contributed by atoms with Gasteiger partial charge in [-0.2, -0.15) is 0 Å². The van der Waals surface area contributed by atoms with Crippen LogP contribution in [0.2, 0.25) is 0 Å². The molecule has 3 rings (SSSR count). The van der Waals surface area contributed by atoms with Crippen LogP contribution in [0.15, 0.2) is 35.1 Å². The number of carbonyl (C=O) groups excluding carboxylic acids is 2. The summed E-state index contributed by atoms with van der Waals surface area (Å²) < 4.78 is 4.74. The van der Waals surface area contributed by atoms with Crippen molar-refractivity contribution in [3.8, 4) is 0 Å². The van der Waals surface area contributed by atoms with Crippen LogP contribution in [0, 0.1) is 13.8 Å². The Morgan fingerprint density at radius 3 is 2.68 bits per heavy atom. The molecule has 1 saturated heterocycles. The Kier molecular flexibility index (Phi) is 3.48. The van der Waals surface area contributed by atoms with E-state index < -0.39 is 6.09 Å². The molecule has 1 aromatic heterocycles. The first-order chi connectivity index (χ1) is 10.5. The molecule has 1 aliphatic heterocycles. The quantitative estimate of drug-likeness (QED) is 0.810. The van der Waals surface area contributed by atoms with E-state index in [9.17, 15) is 9.59 Å². The van der Waals surface area contributed by atoms with Gasteiger partial charge in [0.2, 0.25) is 0 Å². The van der Waals surface area contributed by atoms with Gasteiger partial charge in [-0.3, -0.25) is 4.79 Å². The van der Waals surface area contributed by atoms with Gasteiger partial charge in [-0.25, -0.2) is 9.69 Å². The summed E-state index contributed by atoms with van der Waals surface area (Å²) in [4.78, 5) is 28.9. The van der Waals surface area contributed by atoms with Crippen molar-refractivity contribution in [3.63, 3.8) is 0 Å². The van der Waals surface area contributed by atoms with E-state index in [2.05, 4.69) is 4.98 Å². The lowest BCUT2D eigenvalue weighted by Gasteiger charge is -2.15. The highest BCUT2D eigenvalue weighted by molar-refractivity contribution is 6.15. The van der Waals surface area contributed by atoms with Crippen molar-refractivity contribution in [1.29, 1.82) is 0 Å². The summed E-state index contributed by atoms with van der Waals surface area (Å²) in [7, 11) is 1.28. The van der Waals surface area contributed by atoms with Gasteiger partial charge in [-0.15, -0.1) is 0 Å². The molecular formula is C17H18N2O3. The van der Waals surface area contributed by atoms with E-state index in [0.717, 1.165) is 40.3 Å². The number of likely N-dealkylation sites (tertiary alicyclic amines) is 1. The summed E-state index contributed by atoms with van der Waals surface area (Å²) in [6.45, 7) is 3.96. The largest absolute Gasteiger partial charge is 0.452 e. The van der Waals surface area contributed by atoms with E-state index >= 15 is 0 Å². The zero-order valence-electron chi connectivity index (χ0n) is 12.9. The number of nitrogens with zero attached hydrogens (tertiary/aromatic N) is 1. The minimum atomic E-state index is -0.646. The van der Waals surface area contributed by atoms with Crippen molar-refractivity contribution in [3.05, 3.63) is 52.0 Å². The molecule has 1 fully saturated rings. The first kappa shape index (κ1) is 14.4. The molecule has 0 radical (unpaired) electrons. The molecule has 0 aromatic carbocycles. The molecular weight excluding hydrogens is 280 g/mol. The minimum Gasteiger partial charge on any atom is -0.452 e. The summed E-state index contributed by atoms with van der Waals surface area (Å²) in [6.07, 6.45) is 6.77. The average molecular weight is 298 g/mol. The van der Waals surface area contributed by atoms with Crippen molar-refractivity contribution in [2.75, 3.05) is 7.11 Å². The number of hydrogen-bond donors (Lipinski definition) is 1. The van der Waals surface area contributed by atoms with Gasteiger partial charge in [0.25, 0.3) is 5.91 Å². The minimum absolute atomic E-state index is 0.335. The Hall–Kier alpha value is -2.56. The van der Waals surface area contributed by atoms with Gasteiger partial charge in [0.1, 0.15) is 0 Å². The zero-order chi connectivity index (χ0) is 15.9. The SMILES string of the molecule is COC(=O)N1C(=O)/C(=C\c2[nH]c(C)cc2C)C2=CCCC=C21. The number of methoxy groups -OCH3 is 1. The van der Waals surface area contributed by atoms with Gasteiger partial charge in [-0.05, 0) is 44.4 Å². The van der Waals surface area contributed by atoms with Gasteiger partial charge in [0.15, 0.2) is 0 Å². The molecule has 2 amide bonds. The number of carbonyl (C=O) groups is 2. The lowest BCUT2D eigenvalue weighted by Crippen LogP contribution is -2.31. The molecule has 2 aliphatic rings. The summed E-state index contributed by atoms with van der Waals surface area (Å²) in [5, 5.41) is 0. The van der Waals surface area contributed by atoms with E-state index in [1.54, 1.807) is 0 Å². The molecule has 1 aliphatic carbocycles. The Labute approximate surface area is 129 Å². The molecule has 5 nitrogen and oxygen atoms in total. The summed E-state index contributed by atoms with van der Waals surface area (Å²) in [5.74, 6) is -0.335. The molecule has 0 saturated carbocycles. The van der Waals surface area contributed by atoms with E-state index in [-0.39, 0.29) is 5.91 Å². The molecule has 1 N–H and O–H groups in total. The van der Waals surface area contributed by atoms with Gasteiger partial charge in [0.05, 0.1) is 18.4 Å². The molecule has 114 valence electrons. The summed E-state index contributed by atoms with van der Waals surface area (Å²) in [6, 6.07) is 2.02. The van der Waals surface area contributed by atoms with Crippen LogP contribution in [0.4, 0.5) is 4.79 Å². The number of aromatic amines is 1. The molecule has 0 atom stereocenters. The molecule has 0 spiro atoms. The first-order valence-electron chi connectivity index (χ1n) is 7.24. The number of ether oxygens (including phenoxy) is 1. The summed E-state index contributed by atoms with van der Waals surface area (Å²) in [5.41, 5.74) is 4.97. The van der Waals surface area contributed by atoms with Gasteiger partial charge in [0, 0.05) is 17.0 Å². The van der Waals surface area contributed by atoms with Gasteiger partial charge >= 0.3 is 6.09 Å². The third-order valence-corrected chi connectivity index (χ3v) is 3.93. The Balaban J connectivity index is 2.10. The number of H-pyrrole nitrogens is 1. The molecule has 2 heterocycles. The van der Waals surface area contributed by atoms with Crippen LogP contribution in [-0.2, 0) is 9.53 Å². The highest BCUT2D eigenvalue weighted by Gasteiger charge is 2.40. The van der Waals surface area contributed by atoms with Crippen LogP contribution in [0.5, 0.6) is 0 Å². The third kappa shape index (κ3) is 2.19. The average Bonchev–Trinajstić information content (AvgIpc) is 2.96. The van der Waals surface area contributed by atoms with Crippen LogP contribution in [0.25, 0.3) is 6.08 Å². The zero-order valence-corrected chi connectivity index (χ0v) is 12.9. The third-order valence-electron chi connectivity index (χ3n) is 3.93. The number of aryl methyl sites for hydroxylation is 2. The maximum Gasteiger partial charge on any atom is 0.421 e. The fraction of sp³-hybridized carbons (Fsp3) is 0.294. The van der Waals surface area contributed by atoms with Crippen molar-refractivity contribution < 1.29 is 14.3 Å². The van der Waals surface area contributed by atoms with Gasteiger partial charge < -0.3 is 9.72 Å². The first-order valence-corrected chi connectivity index (χ1v) is 7.24. The Morgan fingerprint density at radius 2 is 2.05 bits per heavy atom. The lowest BCUT2D eigenvalue weighted by molar-refractivity contribution is -0.122. The molecule has 22 heavy (non-hydrogen) atoms. The number of hydrogen-bond acceptors (Lipinski definition) is 3. The van der Waals surface area contributed by atoms with Crippen LogP contribution >= 0.6 is 0 Å². The standard InChI is InChI=1S/C17H18N2O3/c1-10-8-11(2)18-14(10)9-13-12-6-4-5-7-15(12)19(16(13)20)17(21)22-3/h6-9,18H,4-5H2,1-3H3/b13-9-. The monoisotopic (exact) mass is 298 g/mol. The molecule has 0 bridgehead atoms. The number of rotatable bonds is 1. The Bertz CT molecular complexity index is 750. The highest BCUT2D eigenvalue weighted by atomic mass is 16.5. The van der Waals surface area contributed by atoms with Gasteiger partial charge in [-0.1, -0.05) is 12.2 Å². The number of imide groups is 1. The van der Waals surface area contributed by atoms with Crippen LogP contribution in [-0.4, -0.2) is 29.0 Å². The molecule has 0 unspecified atom stereocenters. The maximum absolute atomic E-state index is 12.7. The number of aromatic nitrogens is 1. The Morgan fingerprint density at radius 1 is 1.32 bits per heavy atom. The summed E-state index contributed by atoms with van der Waals surface area (Å²) >= 11 is 0. The number of nitrogens with one attached hydrogen (secondary N) is 1. The topological polar surface area (TPSA) is 62.4 Å². The number of fused-ring (bicyclic) bond motifs is 1. The van der Waals surface area contributed by atoms with Crippen LogP contribution < -0.4 is 0 Å². The normalized spacial score (nSPS) is 19.1. The van der Waals surface area contributed by atoms with E-state index in [4.69, 9.17) is 4.74 Å². The highest BCUT2D eigenvalue weighted by Crippen LogP contribution is 2.38. The fourth-order valence-corrected chi connectivity index (χ4v) is 2.92. The molecule has 5 heteroatoms. The van der Waals surface area contributed by atoms with Crippen LogP contribution in [0.3, 0.4) is 0 Å². The number of allylic oxidation sites excluding steroid dienone is 3. The van der Waals surface area contributed by atoms with Crippen molar-refractivity contribution in [1.82, 2.24) is 9.88 Å². The second-order valence-electron chi connectivity index (χ2n) is 5.50. The predicted molar refractivity (Wildman–Crippen MR) is 82.9 cm³/mol. The number of amides is 2. The van der Waals surface area contributed by atoms with E-state index in [1.165, 1.54) is 7.11 Å². The van der Waals surface area contributed by atoms with E-state index in [1.807, 2.05) is 38.1 Å². The second-order valence-corrected chi connectivity index (χ2v) is 5.50. The second kappa shape index (κ2) is 5.33. The van der Waals surface area contributed by atoms with Crippen molar-refractivity contribution in [2.24, 2.45) is 0 Å². The fourth-order valence-electron chi connectivity index (χ4n) is 2.92. The van der Waals surface area contributed by atoms with E-state index in [0.29, 0.717) is 11.3 Å².